The van der Waals surface area contributed by atoms with Crippen molar-refractivity contribution < 1.29 is 34.8 Å². The van der Waals surface area contributed by atoms with Crippen molar-refractivity contribution in [2.75, 3.05) is 6.61 Å². The van der Waals surface area contributed by atoms with Crippen molar-refractivity contribution in [3.63, 3.8) is 0 Å². The number of carbonyl (C=O) groups is 2. The summed E-state index contributed by atoms with van der Waals surface area (Å²) in [6, 6.07) is 21.0. The lowest BCUT2D eigenvalue weighted by atomic mass is 9.92. The summed E-state index contributed by atoms with van der Waals surface area (Å²) in [6.07, 6.45) is -0.323. The third-order valence-electron chi connectivity index (χ3n) is 4.95. The Bertz CT molecular complexity index is 986. The number of phenols is 3. The van der Waals surface area contributed by atoms with E-state index in [0.29, 0.717) is 0 Å². The molecule has 0 saturated carbocycles. The summed E-state index contributed by atoms with van der Waals surface area (Å²) in [5, 5.41) is 38.2. The number of esters is 1. The average Bonchev–Trinajstić information content (AvgIpc) is 2.77. The van der Waals surface area contributed by atoms with Gasteiger partial charge in [0.05, 0.1) is 0 Å². The largest absolute Gasteiger partial charge is 0.504 e. The fourth-order valence-corrected chi connectivity index (χ4v) is 3.31. The van der Waals surface area contributed by atoms with Gasteiger partial charge >= 0.3 is 11.9 Å². The van der Waals surface area contributed by atoms with Crippen LogP contribution in [-0.4, -0.2) is 39.0 Å². The molecular formula is C24H22O7. The third-order valence-corrected chi connectivity index (χ3v) is 4.95. The summed E-state index contributed by atoms with van der Waals surface area (Å²) in [4.78, 5) is 24.3. The van der Waals surface area contributed by atoms with Gasteiger partial charge in [0, 0.05) is 5.92 Å². The summed E-state index contributed by atoms with van der Waals surface area (Å²) in [5.41, 5.74) is 2.00. The maximum Gasteiger partial charge on any atom is 0.320 e. The molecule has 1 unspecified atom stereocenters. The van der Waals surface area contributed by atoms with Crippen molar-refractivity contribution >= 4 is 11.9 Å². The first-order valence-corrected chi connectivity index (χ1v) is 9.60. The molecule has 0 fully saturated rings. The zero-order valence-corrected chi connectivity index (χ0v) is 16.5. The number of carboxylic acids is 1. The van der Waals surface area contributed by atoms with Crippen LogP contribution in [0.25, 0.3) is 0 Å². The van der Waals surface area contributed by atoms with Crippen LogP contribution < -0.4 is 0 Å². The predicted octanol–water partition coefficient (Wildman–Crippen LogP) is 3.42. The van der Waals surface area contributed by atoms with Crippen LogP contribution in [0.15, 0.2) is 72.8 Å². The first kappa shape index (κ1) is 21.7. The van der Waals surface area contributed by atoms with E-state index in [1.807, 2.05) is 60.7 Å². The number of hydrogen-bond acceptors (Lipinski definition) is 6. The highest BCUT2D eigenvalue weighted by molar-refractivity contribution is 5.94. The van der Waals surface area contributed by atoms with Crippen LogP contribution in [0.3, 0.4) is 0 Å². The van der Waals surface area contributed by atoms with E-state index in [9.17, 15) is 30.0 Å². The SMILES string of the molecule is O=C(O)C(Cc1cc(O)c(O)c(O)c1)C(=O)OCC(c1ccccc1)c1ccccc1. The summed E-state index contributed by atoms with van der Waals surface area (Å²) >= 11 is 0. The molecule has 1 atom stereocenters. The maximum absolute atomic E-state index is 12.6. The molecule has 160 valence electrons. The molecule has 4 N–H and O–H groups in total. The molecule has 7 nitrogen and oxygen atoms in total. The highest BCUT2D eigenvalue weighted by atomic mass is 16.5. The van der Waals surface area contributed by atoms with Crippen molar-refractivity contribution in [1.82, 2.24) is 0 Å². The van der Waals surface area contributed by atoms with Gasteiger partial charge in [0.2, 0.25) is 0 Å². The van der Waals surface area contributed by atoms with E-state index in [1.54, 1.807) is 0 Å². The number of hydrogen-bond donors (Lipinski definition) is 4. The van der Waals surface area contributed by atoms with Gasteiger partial charge in [0.25, 0.3) is 0 Å². The van der Waals surface area contributed by atoms with Crippen LogP contribution in [0.2, 0.25) is 0 Å². The Kier molecular flexibility index (Phi) is 6.77. The van der Waals surface area contributed by atoms with Gasteiger partial charge in [-0.15, -0.1) is 0 Å². The van der Waals surface area contributed by atoms with E-state index in [4.69, 9.17) is 4.74 Å². The first-order chi connectivity index (χ1) is 14.9. The molecule has 0 aliphatic heterocycles. The van der Waals surface area contributed by atoms with Crippen LogP contribution in [0.4, 0.5) is 0 Å². The quantitative estimate of drug-likeness (QED) is 0.249. The second-order valence-corrected chi connectivity index (χ2v) is 7.08. The molecule has 0 radical (unpaired) electrons. The number of aromatic hydroxyl groups is 3. The minimum absolute atomic E-state index is 0.0529. The monoisotopic (exact) mass is 422 g/mol. The molecule has 0 amide bonds. The van der Waals surface area contributed by atoms with E-state index >= 15 is 0 Å². The third kappa shape index (κ3) is 5.33. The van der Waals surface area contributed by atoms with E-state index in [1.165, 1.54) is 0 Å². The molecule has 0 heterocycles. The molecule has 0 aliphatic rings. The number of aliphatic carboxylic acids is 1. The smallest absolute Gasteiger partial charge is 0.320 e. The van der Waals surface area contributed by atoms with E-state index in [0.717, 1.165) is 23.3 Å². The van der Waals surface area contributed by atoms with Crippen molar-refractivity contribution in [2.24, 2.45) is 5.92 Å². The summed E-state index contributed by atoms with van der Waals surface area (Å²) < 4.78 is 5.40. The molecule has 3 aromatic rings. The Morgan fingerprint density at radius 3 is 1.74 bits per heavy atom. The Balaban J connectivity index is 1.77. The molecular weight excluding hydrogens is 400 g/mol. The van der Waals surface area contributed by atoms with Crippen LogP contribution in [0.1, 0.15) is 22.6 Å². The Morgan fingerprint density at radius 2 is 1.29 bits per heavy atom. The van der Waals surface area contributed by atoms with E-state index < -0.39 is 35.1 Å². The van der Waals surface area contributed by atoms with Crippen molar-refractivity contribution in [3.05, 3.63) is 89.5 Å². The molecule has 3 rings (SSSR count). The zero-order chi connectivity index (χ0) is 22.4. The van der Waals surface area contributed by atoms with E-state index in [2.05, 4.69) is 0 Å². The predicted molar refractivity (Wildman–Crippen MR) is 112 cm³/mol. The highest BCUT2D eigenvalue weighted by Crippen LogP contribution is 2.36. The molecule has 0 bridgehead atoms. The second-order valence-electron chi connectivity index (χ2n) is 7.08. The molecule has 31 heavy (non-hydrogen) atoms. The lowest BCUT2D eigenvalue weighted by Gasteiger charge is -2.20. The van der Waals surface area contributed by atoms with Gasteiger partial charge in [-0.25, -0.2) is 0 Å². The van der Waals surface area contributed by atoms with Crippen LogP contribution in [0.5, 0.6) is 17.2 Å². The van der Waals surface area contributed by atoms with Gasteiger partial charge in [-0.1, -0.05) is 60.7 Å². The maximum atomic E-state index is 12.6. The number of carbonyl (C=O) groups excluding carboxylic acids is 1. The van der Waals surface area contributed by atoms with Gasteiger partial charge in [-0.3, -0.25) is 9.59 Å². The fraction of sp³-hybridized carbons (Fsp3) is 0.167. The molecule has 0 spiro atoms. The zero-order valence-electron chi connectivity index (χ0n) is 16.5. The normalized spacial score (nSPS) is 11.8. The summed E-state index contributed by atoms with van der Waals surface area (Å²) in [6.45, 7) is -0.0529. The average molecular weight is 422 g/mol. The summed E-state index contributed by atoms with van der Waals surface area (Å²) in [5.74, 6) is -6.09. The minimum Gasteiger partial charge on any atom is -0.504 e. The van der Waals surface area contributed by atoms with Crippen LogP contribution >= 0.6 is 0 Å². The first-order valence-electron chi connectivity index (χ1n) is 9.60. The fourth-order valence-electron chi connectivity index (χ4n) is 3.31. The van der Waals surface area contributed by atoms with Crippen LogP contribution in [-0.2, 0) is 20.7 Å². The lowest BCUT2D eigenvalue weighted by molar-refractivity contribution is -0.158. The van der Waals surface area contributed by atoms with Gasteiger partial charge in [-0.05, 0) is 35.2 Å². The molecule has 0 saturated heterocycles. The molecule has 3 aromatic carbocycles. The van der Waals surface area contributed by atoms with Crippen molar-refractivity contribution in [1.29, 1.82) is 0 Å². The lowest BCUT2D eigenvalue weighted by Crippen LogP contribution is -2.29. The number of phenolic OH excluding ortho intramolecular Hbond substituents is 3. The molecule has 0 aromatic heterocycles. The van der Waals surface area contributed by atoms with E-state index in [-0.39, 0.29) is 24.5 Å². The second kappa shape index (κ2) is 9.67. The highest BCUT2D eigenvalue weighted by Gasteiger charge is 2.30. The van der Waals surface area contributed by atoms with Crippen molar-refractivity contribution in [3.8, 4) is 17.2 Å². The van der Waals surface area contributed by atoms with Gasteiger partial charge in [0.15, 0.2) is 23.2 Å². The number of ether oxygens (including phenoxy) is 1. The topological polar surface area (TPSA) is 124 Å². The number of rotatable bonds is 8. The molecule has 7 heteroatoms. The van der Waals surface area contributed by atoms with Gasteiger partial charge in [-0.2, -0.15) is 0 Å². The minimum atomic E-state index is -1.55. The van der Waals surface area contributed by atoms with Gasteiger partial charge < -0.3 is 25.2 Å². The number of benzene rings is 3. The number of carboxylic acid groups (broad SMARTS) is 1. The van der Waals surface area contributed by atoms with Crippen LogP contribution in [0, 0.1) is 5.92 Å². The Hall–Kier alpha value is -4.00. The molecule has 0 aliphatic carbocycles. The standard InChI is InChI=1S/C24H22O7/c25-20-12-15(13-21(26)22(20)27)11-18(23(28)29)24(30)31-14-19(16-7-3-1-4-8-16)17-9-5-2-6-10-17/h1-10,12-13,18-19,25-27H,11,14H2,(H,28,29). The summed E-state index contributed by atoms with van der Waals surface area (Å²) in [7, 11) is 0. The van der Waals surface area contributed by atoms with Crippen molar-refractivity contribution in [2.45, 2.75) is 12.3 Å². The Morgan fingerprint density at radius 1 is 0.806 bits per heavy atom. The Labute approximate surface area is 178 Å². The van der Waals surface area contributed by atoms with Gasteiger partial charge in [0.1, 0.15) is 6.61 Å².